The molecule has 0 aromatic heterocycles. The normalized spacial score (nSPS) is 26.2. The van der Waals surface area contributed by atoms with Crippen LogP contribution in [0.25, 0.3) is 0 Å². The first-order chi connectivity index (χ1) is 7.68. The molecule has 0 aromatic rings. The topological polar surface area (TPSA) is 63.4 Å². The van der Waals surface area contributed by atoms with Crippen molar-refractivity contribution in [3.8, 4) is 0 Å². The fraction of sp³-hybridized carbons (Fsp3) is 0.833. The van der Waals surface area contributed by atoms with Crippen LogP contribution in [-0.2, 0) is 9.59 Å². The van der Waals surface area contributed by atoms with Crippen LogP contribution >= 0.6 is 0 Å². The second kappa shape index (κ2) is 4.85. The lowest BCUT2D eigenvalue weighted by atomic mass is 10.0. The second-order valence-corrected chi connectivity index (χ2v) is 5.00. The molecule has 0 spiro atoms. The quantitative estimate of drug-likeness (QED) is 0.778. The van der Waals surface area contributed by atoms with Crippen molar-refractivity contribution < 1.29 is 9.59 Å². The molecule has 1 heterocycles. The lowest BCUT2D eigenvalue weighted by Gasteiger charge is -2.23. The molecule has 16 heavy (non-hydrogen) atoms. The first kappa shape index (κ1) is 11.4. The third-order valence-corrected chi connectivity index (χ3v) is 3.84. The number of carbonyl (C=O) groups is 2. The van der Waals surface area contributed by atoms with Crippen molar-refractivity contribution in [1.29, 1.82) is 0 Å². The summed E-state index contributed by atoms with van der Waals surface area (Å²) >= 11 is 0. The predicted molar refractivity (Wildman–Crippen MR) is 60.5 cm³/mol. The Balaban J connectivity index is 1.90. The molecule has 0 unspecified atom stereocenters. The van der Waals surface area contributed by atoms with E-state index in [1.807, 2.05) is 0 Å². The molecule has 4 nitrogen and oxygen atoms in total. The van der Waals surface area contributed by atoms with Gasteiger partial charge in [0.05, 0.1) is 0 Å². The zero-order chi connectivity index (χ0) is 11.5. The summed E-state index contributed by atoms with van der Waals surface area (Å²) in [6.07, 6.45) is 7.09. The molecule has 1 saturated carbocycles. The maximum absolute atomic E-state index is 12.0. The van der Waals surface area contributed by atoms with Crippen LogP contribution in [0.2, 0.25) is 0 Å². The molecule has 2 N–H and O–H groups in total. The zero-order valence-corrected chi connectivity index (χ0v) is 9.65. The molecule has 1 saturated heterocycles. The first-order valence-electron chi connectivity index (χ1n) is 6.27. The van der Waals surface area contributed by atoms with E-state index in [-0.39, 0.29) is 17.9 Å². The van der Waals surface area contributed by atoms with E-state index < -0.39 is 0 Å². The van der Waals surface area contributed by atoms with Gasteiger partial charge >= 0.3 is 0 Å². The SMILES string of the molecule is NC(=O)[C@H]1CCCN1C(=O)CC1CCCC1. The molecule has 1 aliphatic heterocycles. The van der Waals surface area contributed by atoms with Crippen molar-refractivity contribution in [3.63, 3.8) is 0 Å². The standard InChI is InChI=1S/C12H20N2O2/c13-12(16)10-6-3-7-14(10)11(15)8-9-4-1-2-5-9/h9-10H,1-8H2,(H2,13,16)/t10-/m1/s1. The summed E-state index contributed by atoms with van der Waals surface area (Å²) in [7, 11) is 0. The van der Waals surface area contributed by atoms with Crippen molar-refractivity contribution in [2.45, 2.75) is 51.0 Å². The molecule has 2 fully saturated rings. The predicted octanol–water partition coefficient (Wildman–Crippen LogP) is 1.04. The van der Waals surface area contributed by atoms with Crippen LogP contribution < -0.4 is 5.73 Å². The van der Waals surface area contributed by atoms with Crippen molar-refractivity contribution in [2.75, 3.05) is 6.54 Å². The van der Waals surface area contributed by atoms with Gasteiger partial charge in [0.15, 0.2) is 0 Å². The van der Waals surface area contributed by atoms with Gasteiger partial charge in [0.2, 0.25) is 11.8 Å². The van der Waals surface area contributed by atoms with Crippen LogP contribution in [0.1, 0.15) is 44.9 Å². The number of primary amides is 1. The van der Waals surface area contributed by atoms with E-state index in [1.54, 1.807) is 4.90 Å². The number of likely N-dealkylation sites (tertiary alicyclic amines) is 1. The number of nitrogens with two attached hydrogens (primary N) is 1. The minimum atomic E-state index is -0.350. The molecular formula is C12H20N2O2. The third kappa shape index (κ3) is 2.36. The summed E-state index contributed by atoms with van der Waals surface area (Å²) in [5.41, 5.74) is 5.30. The minimum absolute atomic E-state index is 0.133. The van der Waals surface area contributed by atoms with E-state index in [4.69, 9.17) is 5.73 Å². The molecule has 2 amide bonds. The Bertz CT molecular complexity index is 285. The van der Waals surface area contributed by atoms with Crippen LogP contribution in [0.5, 0.6) is 0 Å². The summed E-state index contributed by atoms with van der Waals surface area (Å²) in [6, 6.07) is -0.339. The van der Waals surface area contributed by atoms with Gasteiger partial charge in [-0.1, -0.05) is 12.8 Å². The number of hydrogen-bond acceptors (Lipinski definition) is 2. The van der Waals surface area contributed by atoms with Crippen LogP contribution in [0.15, 0.2) is 0 Å². The van der Waals surface area contributed by atoms with Gasteiger partial charge < -0.3 is 10.6 Å². The Morgan fingerprint density at radius 2 is 1.81 bits per heavy atom. The molecule has 0 aromatic carbocycles. The van der Waals surface area contributed by atoms with Crippen LogP contribution in [0.3, 0.4) is 0 Å². The Morgan fingerprint density at radius 1 is 1.12 bits per heavy atom. The van der Waals surface area contributed by atoms with Gasteiger partial charge in [0.25, 0.3) is 0 Å². The molecule has 2 rings (SSSR count). The third-order valence-electron chi connectivity index (χ3n) is 3.84. The lowest BCUT2D eigenvalue weighted by Crippen LogP contribution is -2.44. The van der Waals surface area contributed by atoms with Gasteiger partial charge in [-0.15, -0.1) is 0 Å². The smallest absolute Gasteiger partial charge is 0.240 e. The van der Waals surface area contributed by atoms with E-state index in [9.17, 15) is 9.59 Å². The number of hydrogen-bond donors (Lipinski definition) is 1. The van der Waals surface area contributed by atoms with Gasteiger partial charge in [-0.25, -0.2) is 0 Å². The second-order valence-electron chi connectivity index (χ2n) is 5.00. The Morgan fingerprint density at radius 3 is 2.44 bits per heavy atom. The van der Waals surface area contributed by atoms with E-state index in [1.165, 1.54) is 25.7 Å². The molecule has 1 aliphatic carbocycles. The van der Waals surface area contributed by atoms with Gasteiger partial charge in [0.1, 0.15) is 6.04 Å². The monoisotopic (exact) mass is 224 g/mol. The average Bonchev–Trinajstić information content (AvgIpc) is 2.86. The maximum Gasteiger partial charge on any atom is 0.240 e. The largest absolute Gasteiger partial charge is 0.368 e. The maximum atomic E-state index is 12.0. The van der Waals surface area contributed by atoms with Gasteiger partial charge in [-0.2, -0.15) is 0 Å². The van der Waals surface area contributed by atoms with Crippen LogP contribution in [-0.4, -0.2) is 29.3 Å². The minimum Gasteiger partial charge on any atom is -0.368 e. The average molecular weight is 224 g/mol. The molecule has 0 radical (unpaired) electrons. The lowest BCUT2D eigenvalue weighted by molar-refractivity contribution is -0.138. The summed E-state index contributed by atoms with van der Waals surface area (Å²) < 4.78 is 0. The Labute approximate surface area is 96.2 Å². The van der Waals surface area contributed by atoms with Crippen LogP contribution in [0, 0.1) is 5.92 Å². The van der Waals surface area contributed by atoms with E-state index in [0.29, 0.717) is 18.9 Å². The molecular weight excluding hydrogens is 204 g/mol. The van der Waals surface area contributed by atoms with Gasteiger partial charge in [-0.05, 0) is 31.6 Å². The summed E-state index contributed by atoms with van der Waals surface area (Å²) in [5, 5.41) is 0. The summed E-state index contributed by atoms with van der Waals surface area (Å²) in [6.45, 7) is 0.708. The van der Waals surface area contributed by atoms with E-state index >= 15 is 0 Å². The molecule has 90 valence electrons. The Hall–Kier alpha value is -1.06. The first-order valence-corrected chi connectivity index (χ1v) is 6.27. The van der Waals surface area contributed by atoms with Crippen molar-refractivity contribution in [1.82, 2.24) is 4.90 Å². The van der Waals surface area contributed by atoms with Crippen molar-refractivity contribution in [3.05, 3.63) is 0 Å². The highest BCUT2D eigenvalue weighted by Crippen LogP contribution is 2.29. The summed E-state index contributed by atoms with van der Waals surface area (Å²) in [4.78, 5) is 24.9. The van der Waals surface area contributed by atoms with E-state index in [2.05, 4.69) is 0 Å². The van der Waals surface area contributed by atoms with Crippen molar-refractivity contribution in [2.24, 2.45) is 11.7 Å². The number of rotatable bonds is 3. The molecule has 4 heteroatoms. The number of nitrogens with zero attached hydrogens (tertiary/aromatic N) is 1. The highest BCUT2D eigenvalue weighted by molar-refractivity contribution is 5.87. The Kier molecular flexibility index (Phi) is 3.46. The van der Waals surface area contributed by atoms with E-state index in [0.717, 1.165) is 12.8 Å². The van der Waals surface area contributed by atoms with Gasteiger partial charge in [-0.3, -0.25) is 9.59 Å². The van der Waals surface area contributed by atoms with Crippen molar-refractivity contribution >= 4 is 11.8 Å². The molecule has 1 atom stereocenters. The number of carbonyl (C=O) groups excluding carboxylic acids is 2. The number of amides is 2. The molecule has 2 aliphatic rings. The highest BCUT2D eigenvalue weighted by Gasteiger charge is 2.33. The fourth-order valence-corrected chi connectivity index (χ4v) is 2.94. The summed E-state index contributed by atoms with van der Waals surface area (Å²) in [5.74, 6) is 0.326. The highest BCUT2D eigenvalue weighted by atomic mass is 16.2. The molecule has 0 bridgehead atoms. The van der Waals surface area contributed by atoms with Crippen LogP contribution in [0.4, 0.5) is 0 Å². The zero-order valence-electron chi connectivity index (χ0n) is 9.65. The fourth-order valence-electron chi connectivity index (χ4n) is 2.94. The van der Waals surface area contributed by atoms with Gasteiger partial charge in [0, 0.05) is 13.0 Å².